The van der Waals surface area contributed by atoms with Crippen molar-refractivity contribution >= 4 is 12.6 Å². The quantitative estimate of drug-likeness (QED) is 0.775. The Balaban J connectivity index is 2.38. The number of rotatable bonds is 2. The monoisotopic (exact) mass is 272 g/mol. The summed E-state index contributed by atoms with van der Waals surface area (Å²) in [4.78, 5) is 4.41. The van der Waals surface area contributed by atoms with Crippen LogP contribution in [-0.4, -0.2) is 23.3 Å². The van der Waals surface area contributed by atoms with Gasteiger partial charge in [-0.2, -0.15) is 5.26 Å². The standard InChI is InChI=1S/C15H21BN2O2/c1-10(2)12-8-7-11(13(9-17)18-12)16-19-14(3,4)15(5,6)20-16/h7-8,10H,1-6H3. The van der Waals surface area contributed by atoms with Crippen LogP contribution in [0.4, 0.5) is 0 Å². The lowest BCUT2D eigenvalue weighted by molar-refractivity contribution is 0.00578. The molecular weight excluding hydrogens is 251 g/mol. The predicted octanol–water partition coefficient (Wildman–Crippen LogP) is 2.38. The van der Waals surface area contributed by atoms with Crippen LogP contribution in [-0.2, 0) is 9.31 Å². The number of hydrogen-bond acceptors (Lipinski definition) is 4. The summed E-state index contributed by atoms with van der Waals surface area (Å²) < 4.78 is 12.0. The van der Waals surface area contributed by atoms with E-state index in [4.69, 9.17) is 9.31 Å². The van der Waals surface area contributed by atoms with Gasteiger partial charge in [0.05, 0.1) is 11.2 Å². The van der Waals surface area contributed by atoms with Crippen LogP contribution in [0.3, 0.4) is 0 Å². The maximum Gasteiger partial charge on any atom is 0.497 e. The summed E-state index contributed by atoms with van der Waals surface area (Å²) in [5, 5.41) is 9.32. The lowest BCUT2D eigenvalue weighted by atomic mass is 9.77. The average molecular weight is 272 g/mol. The van der Waals surface area contributed by atoms with Crippen molar-refractivity contribution in [1.29, 1.82) is 5.26 Å². The van der Waals surface area contributed by atoms with Crippen LogP contribution < -0.4 is 5.46 Å². The smallest absolute Gasteiger partial charge is 0.399 e. The Labute approximate surface area is 121 Å². The molecule has 0 aliphatic carbocycles. The lowest BCUT2D eigenvalue weighted by Gasteiger charge is -2.32. The Morgan fingerprint density at radius 1 is 1.15 bits per heavy atom. The van der Waals surface area contributed by atoms with Crippen molar-refractivity contribution in [3.63, 3.8) is 0 Å². The molecule has 1 aromatic rings. The van der Waals surface area contributed by atoms with E-state index in [1.165, 1.54) is 0 Å². The molecule has 0 spiro atoms. The third-order valence-corrected chi connectivity index (χ3v) is 4.15. The van der Waals surface area contributed by atoms with E-state index in [-0.39, 0.29) is 5.92 Å². The fraction of sp³-hybridized carbons (Fsp3) is 0.600. The predicted molar refractivity (Wildman–Crippen MR) is 78.8 cm³/mol. The molecule has 2 heterocycles. The Morgan fingerprint density at radius 3 is 2.15 bits per heavy atom. The van der Waals surface area contributed by atoms with Gasteiger partial charge < -0.3 is 9.31 Å². The average Bonchev–Trinajstić information content (AvgIpc) is 2.57. The number of pyridine rings is 1. The minimum Gasteiger partial charge on any atom is -0.399 e. The van der Waals surface area contributed by atoms with E-state index in [9.17, 15) is 5.26 Å². The molecule has 0 atom stereocenters. The first-order valence-corrected chi connectivity index (χ1v) is 6.94. The van der Waals surface area contributed by atoms with Crippen LogP contribution in [0.5, 0.6) is 0 Å². The highest BCUT2D eigenvalue weighted by Crippen LogP contribution is 2.36. The van der Waals surface area contributed by atoms with Crippen molar-refractivity contribution < 1.29 is 9.31 Å². The summed E-state index contributed by atoms with van der Waals surface area (Å²) in [6.07, 6.45) is 0. The van der Waals surface area contributed by atoms with Crippen LogP contribution >= 0.6 is 0 Å². The molecule has 1 aliphatic heterocycles. The van der Waals surface area contributed by atoms with Gasteiger partial charge in [-0.3, -0.25) is 0 Å². The second kappa shape index (κ2) is 4.87. The van der Waals surface area contributed by atoms with Gasteiger partial charge in [-0.1, -0.05) is 19.9 Å². The minimum atomic E-state index is -0.539. The highest BCUT2D eigenvalue weighted by Gasteiger charge is 2.52. The van der Waals surface area contributed by atoms with Gasteiger partial charge in [0.15, 0.2) is 0 Å². The first kappa shape index (κ1) is 15.0. The summed E-state index contributed by atoms with van der Waals surface area (Å²) in [5.41, 5.74) is 1.16. The number of hydrogen-bond donors (Lipinski definition) is 0. The van der Waals surface area contributed by atoms with Gasteiger partial charge in [-0.15, -0.1) is 0 Å². The molecule has 106 valence electrons. The maximum absolute atomic E-state index is 9.32. The highest BCUT2D eigenvalue weighted by molar-refractivity contribution is 6.62. The van der Waals surface area contributed by atoms with Crippen LogP contribution in [0.25, 0.3) is 0 Å². The normalized spacial score (nSPS) is 20.2. The van der Waals surface area contributed by atoms with Gasteiger partial charge >= 0.3 is 7.12 Å². The van der Waals surface area contributed by atoms with Crippen molar-refractivity contribution in [2.45, 2.75) is 58.7 Å². The van der Waals surface area contributed by atoms with E-state index in [0.29, 0.717) is 11.2 Å². The second-order valence-electron chi connectivity index (χ2n) is 6.53. The fourth-order valence-corrected chi connectivity index (χ4v) is 2.06. The molecule has 0 unspecified atom stereocenters. The van der Waals surface area contributed by atoms with Gasteiger partial charge in [-0.05, 0) is 39.7 Å². The summed E-state index contributed by atoms with van der Waals surface area (Å²) in [6.45, 7) is 12.1. The van der Waals surface area contributed by atoms with Crippen LogP contribution in [0.1, 0.15) is 58.8 Å². The summed E-state index contributed by atoms with van der Waals surface area (Å²) in [6, 6.07) is 5.98. The zero-order valence-electron chi connectivity index (χ0n) is 13.0. The molecule has 5 heteroatoms. The van der Waals surface area contributed by atoms with E-state index < -0.39 is 18.3 Å². The molecule has 1 aliphatic rings. The molecule has 4 nitrogen and oxygen atoms in total. The number of nitrogens with zero attached hydrogens (tertiary/aromatic N) is 2. The van der Waals surface area contributed by atoms with Crippen molar-refractivity contribution in [3.05, 3.63) is 23.5 Å². The molecule has 0 saturated carbocycles. The number of aromatic nitrogens is 1. The third kappa shape index (κ3) is 2.46. The largest absolute Gasteiger partial charge is 0.497 e. The zero-order valence-corrected chi connectivity index (χ0v) is 13.0. The fourth-order valence-electron chi connectivity index (χ4n) is 2.06. The summed E-state index contributed by atoms with van der Waals surface area (Å²) in [5.74, 6) is 0.287. The molecule has 20 heavy (non-hydrogen) atoms. The van der Waals surface area contributed by atoms with E-state index >= 15 is 0 Å². The van der Waals surface area contributed by atoms with Gasteiger partial charge in [0.1, 0.15) is 11.8 Å². The number of nitriles is 1. The van der Waals surface area contributed by atoms with E-state index in [1.54, 1.807) is 0 Å². The van der Waals surface area contributed by atoms with Gasteiger partial charge in [0.2, 0.25) is 0 Å². The Morgan fingerprint density at radius 2 is 1.70 bits per heavy atom. The minimum absolute atomic E-state index is 0.287. The Bertz CT molecular complexity index is 545. The van der Waals surface area contributed by atoms with Crippen molar-refractivity contribution in [3.8, 4) is 6.07 Å². The van der Waals surface area contributed by atoms with E-state index in [2.05, 4.69) is 24.9 Å². The maximum atomic E-state index is 9.32. The van der Waals surface area contributed by atoms with Crippen molar-refractivity contribution in [2.24, 2.45) is 0 Å². The molecular formula is C15H21BN2O2. The molecule has 1 fully saturated rings. The summed E-state index contributed by atoms with van der Waals surface area (Å²) in [7, 11) is -0.539. The Hall–Kier alpha value is -1.38. The van der Waals surface area contributed by atoms with Gasteiger partial charge in [0.25, 0.3) is 0 Å². The second-order valence-corrected chi connectivity index (χ2v) is 6.53. The van der Waals surface area contributed by atoms with Gasteiger partial charge in [-0.25, -0.2) is 4.98 Å². The van der Waals surface area contributed by atoms with Crippen LogP contribution in [0.2, 0.25) is 0 Å². The highest BCUT2D eigenvalue weighted by atomic mass is 16.7. The molecule has 1 saturated heterocycles. The van der Waals surface area contributed by atoms with Crippen LogP contribution in [0.15, 0.2) is 12.1 Å². The lowest BCUT2D eigenvalue weighted by Crippen LogP contribution is -2.41. The molecule has 0 amide bonds. The van der Waals surface area contributed by atoms with E-state index in [1.807, 2.05) is 39.8 Å². The first-order chi connectivity index (χ1) is 9.18. The van der Waals surface area contributed by atoms with Gasteiger partial charge in [0, 0.05) is 11.2 Å². The van der Waals surface area contributed by atoms with Crippen molar-refractivity contribution in [1.82, 2.24) is 4.98 Å². The molecule has 0 aromatic carbocycles. The van der Waals surface area contributed by atoms with Crippen molar-refractivity contribution in [2.75, 3.05) is 0 Å². The Kier molecular flexibility index (Phi) is 3.66. The molecule has 0 bridgehead atoms. The molecule has 0 radical (unpaired) electrons. The van der Waals surface area contributed by atoms with Crippen LogP contribution in [0, 0.1) is 11.3 Å². The SMILES string of the molecule is CC(C)c1ccc(B2OC(C)(C)C(C)(C)O2)c(C#N)n1. The molecule has 2 rings (SSSR count). The summed E-state index contributed by atoms with van der Waals surface area (Å²) >= 11 is 0. The van der Waals surface area contributed by atoms with E-state index in [0.717, 1.165) is 5.69 Å². The first-order valence-electron chi connectivity index (χ1n) is 6.94. The zero-order chi connectivity index (χ0) is 15.1. The third-order valence-electron chi connectivity index (χ3n) is 4.15. The topological polar surface area (TPSA) is 55.1 Å². The molecule has 0 N–H and O–H groups in total. The molecule has 1 aromatic heterocycles.